The molecule has 0 radical (unpaired) electrons. The third-order valence-corrected chi connectivity index (χ3v) is 7.16. The highest BCUT2D eigenvalue weighted by Gasteiger charge is 2.34. The number of aliphatic carboxylic acids is 1. The predicted octanol–water partition coefficient (Wildman–Crippen LogP) is 3.35. The minimum Gasteiger partial charge on any atom is -0.506 e. The van der Waals surface area contributed by atoms with Crippen molar-refractivity contribution >= 4 is 40.7 Å². The molecular weight excluding hydrogens is 544 g/mol. The van der Waals surface area contributed by atoms with Crippen molar-refractivity contribution in [3.8, 4) is 16.9 Å². The Labute approximate surface area is 230 Å². The fraction of sp³-hybridized carbons (Fsp3) is 0.148. The summed E-state index contributed by atoms with van der Waals surface area (Å²) in [6, 6.07) is 14.8. The number of rotatable bonds is 7. The van der Waals surface area contributed by atoms with Crippen LogP contribution in [0.3, 0.4) is 0 Å². The van der Waals surface area contributed by atoms with Crippen molar-refractivity contribution in [2.24, 2.45) is 0 Å². The lowest BCUT2D eigenvalue weighted by molar-refractivity contribution is -0.135. The van der Waals surface area contributed by atoms with E-state index in [9.17, 15) is 24.3 Å². The molecule has 3 N–H and O–H groups in total. The number of aromatic hydroxyl groups is 1. The van der Waals surface area contributed by atoms with Gasteiger partial charge in [0.15, 0.2) is 0 Å². The number of amides is 2. The van der Waals surface area contributed by atoms with Crippen LogP contribution in [0.5, 0.6) is 5.75 Å². The van der Waals surface area contributed by atoms with Crippen LogP contribution < -0.4 is 10.9 Å². The summed E-state index contributed by atoms with van der Waals surface area (Å²) in [6.45, 7) is -0.738. The molecule has 2 aromatic heterocycles. The Balaban J connectivity index is 1.57. The summed E-state index contributed by atoms with van der Waals surface area (Å²) >= 11 is 7.42. The molecule has 12 heteroatoms. The molecule has 198 valence electrons. The van der Waals surface area contributed by atoms with Crippen molar-refractivity contribution in [1.82, 2.24) is 19.8 Å². The van der Waals surface area contributed by atoms with E-state index >= 15 is 0 Å². The average Bonchev–Trinajstić information content (AvgIpc) is 3.61. The zero-order valence-corrected chi connectivity index (χ0v) is 21.8. The molecule has 0 saturated carbocycles. The number of carboxylic acid groups (broad SMARTS) is 1. The summed E-state index contributed by atoms with van der Waals surface area (Å²) < 4.78 is 1.34. The number of pyridine rings is 1. The first-order chi connectivity index (χ1) is 18.7. The largest absolute Gasteiger partial charge is 0.506 e. The van der Waals surface area contributed by atoms with Crippen LogP contribution in [-0.2, 0) is 24.4 Å². The van der Waals surface area contributed by atoms with E-state index in [1.54, 1.807) is 11.4 Å². The first-order valence-corrected chi connectivity index (χ1v) is 13.0. The van der Waals surface area contributed by atoms with E-state index in [1.165, 1.54) is 26.3 Å². The Morgan fingerprint density at radius 2 is 1.82 bits per heavy atom. The van der Waals surface area contributed by atoms with Gasteiger partial charge < -0.3 is 25.0 Å². The molecule has 0 unspecified atom stereocenters. The highest BCUT2D eigenvalue weighted by Crippen LogP contribution is 2.33. The maximum atomic E-state index is 13.6. The Kier molecular flexibility index (Phi) is 7.18. The van der Waals surface area contributed by atoms with Crippen LogP contribution in [0.2, 0.25) is 5.02 Å². The number of nitrogens with one attached hydrogen (secondary N) is 1. The lowest BCUT2D eigenvalue weighted by Crippen LogP contribution is -2.37. The highest BCUT2D eigenvalue weighted by atomic mass is 35.5. The molecule has 0 spiro atoms. The fourth-order valence-electron chi connectivity index (χ4n) is 4.52. The van der Waals surface area contributed by atoms with E-state index in [0.29, 0.717) is 10.7 Å². The van der Waals surface area contributed by atoms with Crippen molar-refractivity contribution in [3.05, 3.63) is 103 Å². The van der Waals surface area contributed by atoms with Gasteiger partial charge in [-0.1, -0.05) is 41.9 Å². The number of carbonyl (C=O) groups excluding carboxylic acids is 2. The van der Waals surface area contributed by atoms with Crippen LogP contribution in [-0.4, -0.2) is 49.0 Å². The molecule has 0 bridgehead atoms. The first kappa shape index (κ1) is 26.1. The van der Waals surface area contributed by atoms with Crippen LogP contribution in [0.1, 0.15) is 37.7 Å². The van der Waals surface area contributed by atoms with E-state index in [4.69, 9.17) is 16.7 Å². The zero-order chi connectivity index (χ0) is 27.7. The van der Waals surface area contributed by atoms with Gasteiger partial charge in [0.25, 0.3) is 17.4 Å². The van der Waals surface area contributed by atoms with Crippen LogP contribution in [0, 0.1) is 0 Å². The van der Waals surface area contributed by atoms with E-state index in [0.717, 1.165) is 16.7 Å². The molecular formula is C27H21ClN4O6S. The monoisotopic (exact) mass is 564 g/mol. The number of hydrogen-bond acceptors (Lipinski definition) is 7. The molecule has 3 heterocycles. The van der Waals surface area contributed by atoms with Gasteiger partial charge in [0.05, 0.1) is 25.1 Å². The minimum absolute atomic E-state index is 0.0134. The van der Waals surface area contributed by atoms with E-state index < -0.39 is 35.3 Å². The smallest absolute Gasteiger partial charge is 0.322 e. The Hall–Kier alpha value is -4.48. The van der Waals surface area contributed by atoms with Crippen molar-refractivity contribution in [3.63, 3.8) is 0 Å². The lowest BCUT2D eigenvalue weighted by atomic mass is 10.0. The highest BCUT2D eigenvalue weighted by molar-refractivity contribution is 7.07. The van der Waals surface area contributed by atoms with Gasteiger partial charge in [0, 0.05) is 21.7 Å². The van der Waals surface area contributed by atoms with Gasteiger partial charge >= 0.3 is 5.97 Å². The summed E-state index contributed by atoms with van der Waals surface area (Å²) in [7, 11) is 0. The molecule has 2 aromatic carbocycles. The molecule has 1 aliphatic rings. The lowest BCUT2D eigenvalue weighted by Gasteiger charge is -2.16. The number of nitrogens with zero attached hydrogens (tertiary/aromatic N) is 3. The van der Waals surface area contributed by atoms with Crippen LogP contribution in [0.4, 0.5) is 0 Å². The Bertz CT molecular complexity index is 1670. The second kappa shape index (κ2) is 10.7. The number of halogens is 1. The molecule has 2 amide bonds. The molecule has 1 aliphatic heterocycles. The van der Waals surface area contributed by atoms with Gasteiger partial charge in [-0.05, 0) is 34.9 Å². The molecule has 10 nitrogen and oxygen atoms in total. The third kappa shape index (κ3) is 5.27. The normalized spacial score (nSPS) is 12.3. The summed E-state index contributed by atoms with van der Waals surface area (Å²) in [5.74, 6) is -3.28. The topological polar surface area (TPSA) is 142 Å². The number of hydrogen-bond donors (Lipinski definition) is 3. The Morgan fingerprint density at radius 1 is 1.08 bits per heavy atom. The van der Waals surface area contributed by atoms with E-state index in [1.807, 2.05) is 42.5 Å². The molecule has 0 aliphatic carbocycles. The molecule has 0 fully saturated rings. The standard InChI is InChI=1S/C27H21ClN4O6S/c28-18-6-2-5-17(8-18)16-4-1-3-15(7-16)10-32-21-12-31(26(37)20-13-39-14-30-20)11-19(21)24(35)23(27(32)38)25(36)29-9-22(33)34/h1-8,13-14,35H,9-12H2,(H,29,36)(H,33,34). The van der Waals surface area contributed by atoms with E-state index in [-0.39, 0.29) is 36.8 Å². The molecule has 4 aromatic rings. The quantitative estimate of drug-likeness (QED) is 0.312. The Morgan fingerprint density at radius 3 is 2.51 bits per heavy atom. The molecule has 5 rings (SSSR count). The number of thiazole rings is 1. The minimum atomic E-state index is -1.30. The van der Waals surface area contributed by atoms with Crippen LogP contribution >= 0.6 is 22.9 Å². The summed E-state index contributed by atoms with van der Waals surface area (Å²) in [6.07, 6.45) is 0. The van der Waals surface area contributed by atoms with Crippen LogP contribution in [0.25, 0.3) is 11.1 Å². The second-order valence-corrected chi connectivity index (χ2v) is 10.0. The zero-order valence-electron chi connectivity index (χ0n) is 20.3. The molecule has 0 atom stereocenters. The number of benzene rings is 2. The van der Waals surface area contributed by atoms with Gasteiger partial charge in [-0.2, -0.15) is 0 Å². The SMILES string of the molecule is O=C(O)CNC(=O)c1c(O)c2c(n(Cc3cccc(-c4cccc(Cl)c4)c3)c1=O)CN(C(=O)c1cscn1)C2. The van der Waals surface area contributed by atoms with Crippen molar-refractivity contribution < 1.29 is 24.6 Å². The first-order valence-electron chi connectivity index (χ1n) is 11.7. The second-order valence-electron chi connectivity index (χ2n) is 8.86. The summed E-state index contributed by atoms with van der Waals surface area (Å²) in [5, 5.41) is 24.3. The summed E-state index contributed by atoms with van der Waals surface area (Å²) in [4.78, 5) is 55.9. The average molecular weight is 565 g/mol. The van der Waals surface area contributed by atoms with Gasteiger partial charge in [-0.15, -0.1) is 11.3 Å². The molecule has 0 saturated heterocycles. The predicted molar refractivity (Wildman–Crippen MR) is 144 cm³/mol. The van der Waals surface area contributed by atoms with E-state index in [2.05, 4.69) is 10.3 Å². The van der Waals surface area contributed by atoms with Crippen molar-refractivity contribution in [1.29, 1.82) is 0 Å². The van der Waals surface area contributed by atoms with Gasteiger partial charge in [0.2, 0.25) is 0 Å². The summed E-state index contributed by atoms with van der Waals surface area (Å²) in [5.41, 5.74) is 3.46. The number of aromatic nitrogens is 2. The third-order valence-electron chi connectivity index (χ3n) is 6.34. The van der Waals surface area contributed by atoms with Gasteiger partial charge in [-0.25, -0.2) is 4.98 Å². The number of fused-ring (bicyclic) bond motifs is 1. The van der Waals surface area contributed by atoms with Crippen molar-refractivity contribution in [2.45, 2.75) is 19.6 Å². The fourth-order valence-corrected chi connectivity index (χ4v) is 5.24. The van der Waals surface area contributed by atoms with Crippen molar-refractivity contribution in [2.75, 3.05) is 6.54 Å². The van der Waals surface area contributed by atoms with Crippen LogP contribution in [0.15, 0.2) is 64.2 Å². The maximum Gasteiger partial charge on any atom is 0.322 e. The van der Waals surface area contributed by atoms with Gasteiger partial charge in [-0.3, -0.25) is 19.2 Å². The molecule has 39 heavy (non-hydrogen) atoms. The maximum absolute atomic E-state index is 13.6. The number of carboxylic acids is 1. The number of carbonyl (C=O) groups is 3. The van der Waals surface area contributed by atoms with Gasteiger partial charge in [0.1, 0.15) is 23.6 Å².